The molecule has 6 nitrogen and oxygen atoms in total. The summed E-state index contributed by atoms with van der Waals surface area (Å²) in [5, 5.41) is 5.80. The van der Waals surface area contributed by atoms with Crippen molar-refractivity contribution >= 4 is 17.8 Å². The first-order chi connectivity index (χ1) is 10.8. The second-order valence-corrected chi connectivity index (χ2v) is 7.74. The lowest BCUT2D eigenvalue weighted by Gasteiger charge is -2.34. The lowest BCUT2D eigenvalue weighted by molar-refractivity contribution is -0.135. The summed E-state index contributed by atoms with van der Waals surface area (Å²) in [6, 6.07) is -0.300. The van der Waals surface area contributed by atoms with E-state index in [0.717, 1.165) is 30.6 Å². The molecule has 0 aromatic rings. The van der Waals surface area contributed by atoms with Gasteiger partial charge in [0.2, 0.25) is 5.91 Å². The van der Waals surface area contributed by atoms with Crippen molar-refractivity contribution in [3.8, 4) is 0 Å². The number of carbonyl (C=O) groups excluding carboxylic acids is 3. The summed E-state index contributed by atoms with van der Waals surface area (Å²) >= 11 is 0. The quantitative estimate of drug-likeness (QED) is 0.773. The van der Waals surface area contributed by atoms with Gasteiger partial charge in [-0.2, -0.15) is 0 Å². The summed E-state index contributed by atoms with van der Waals surface area (Å²) < 4.78 is 0. The van der Waals surface area contributed by atoms with Crippen LogP contribution in [0.1, 0.15) is 52.9 Å². The molecule has 2 aliphatic carbocycles. The van der Waals surface area contributed by atoms with E-state index in [1.165, 1.54) is 6.42 Å². The average molecular weight is 321 g/mol. The van der Waals surface area contributed by atoms with Crippen molar-refractivity contribution in [1.82, 2.24) is 15.5 Å². The zero-order valence-electron chi connectivity index (χ0n) is 14.2. The van der Waals surface area contributed by atoms with Crippen molar-refractivity contribution in [2.24, 2.45) is 17.8 Å². The lowest BCUT2D eigenvalue weighted by Crippen LogP contribution is -2.49. The van der Waals surface area contributed by atoms with Crippen molar-refractivity contribution in [2.75, 3.05) is 6.54 Å². The van der Waals surface area contributed by atoms with Crippen molar-refractivity contribution in [3.05, 3.63) is 0 Å². The smallest absolute Gasteiger partial charge is 0.325 e. The van der Waals surface area contributed by atoms with E-state index in [9.17, 15) is 14.4 Å². The molecule has 128 valence electrons. The highest BCUT2D eigenvalue weighted by atomic mass is 16.2. The van der Waals surface area contributed by atoms with Gasteiger partial charge >= 0.3 is 6.03 Å². The highest BCUT2D eigenvalue weighted by molar-refractivity contribution is 6.09. The van der Waals surface area contributed by atoms with Gasteiger partial charge in [0, 0.05) is 6.04 Å². The summed E-state index contributed by atoms with van der Waals surface area (Å²) in [5.74, 6) is 0.729. The maximum atomic E-state index is 12.5. The van der Waals surface area contributed by atoms with Crippen LogP contribution in [0.4, 0.5) is 4.79 Å². The van der Waals surface area contributed by atoms with E-state index in [1.807, 2.05) is 0 Å². The molecule has 2 saturated carbocycles. The van der Waals surface area contributed by atoms with E-state index in [-0.39, 0.29) is 30.3 Å². The number of imide groups is 1. The Labute approximate surface area is 137 Å². The van der Waals surface area contributed by atoms with Crippen molar-refractivity contribution in [1.29, 1.82) is 0 Å². The molecule has 3 aliphatic rings. The number of hydrogen-bond acceptors (Lipinski definition) is 3. The van der Waals surface area contributed by atoms with Gasteiger partial charge in [-0.05, 0) is 43.9 Å². The van der Waals surface area contributed by atoms with Crippen LogP contribution in [0, 0.1) is 17.8 Å². The van der Waals surface area contributed by atoms with Crippen molar-refractivity contribution in [2.45, 2.75) is 64.5 Å². The molecule has 1 aliphatic heterocycles. The van der Waals surface area contributed by atoms with E-state index in [1.54, 1.807) is 6.92 Å². The molecule has 0 aromatic heterocycles. The minimum atomic E-state index is -0.815. The maximum Gasteiger partial charge on any atom is 0.325 e. The minimum Gasteiger partial charge on any atom is -0.352 e. The highest BCUT2D eigenvalue weighted by Gasteiger charge is 2.56. The van der Waals surface area contributed by atoms with Crippen molar-refractivity contribution in [3.63, 3.8) is 0 Å². The van der Waals surface area contributed by atoms with Crippen molar-refractivity contribution < 1.29 is 14.4 Å². The first-order valence-electron chi connectivity index (χ1n) is 8.76. The zero-order chi connectivity index (χ0) is 16.8. The summed E-state index contributed by atoms with van der Waals surface area (Å²) in [4.78, 5) is 38.0. The normalized spacial score (nSPS) is 37.7. The number of carbonyl (C=O) groups is 3. The Hall–Kier alpha value is -1.59. The fraction of sp³-hybridized carbons (Fsp3) is 0.824. The third-order valence-corrected chi connectivity index (χ3v) is 6.05. The predicted octanol–water partition coefficient (Wildman–Crippen LogP) is 1.65. The molecule has 4 unspecified atom stereocenters. The van der Waals surface area contributed by atoms with Crippen LogP contribution in [0.25, 0.3) is 0 Å². The predicted molar refractivity (Wildman–Crippen MR) is 85.5 cm³/mol. The molecule has 3 fully saturated rings. The first-order valence-corrected chi connectivity index (χ1v) is 8.76. The molecule has 3 rings (SSSR count). The standard InChI is InChI=1S/C17H27N3O3/c1-10-5-4-6-13(11(10)2)18-14(21)9-20-15(22)17(3,12-7-8-12)19-16(20)23/h10-13H,4-9H2,1-3H3,(H,18,21)(H,19,23). The molecule has 6 heteroatoms. The van der Waals surface area contributed by atoms with Crippen LogP contribution in [-0.2, 0) is 9.59 Å². The van der Waals surface area contributed by atoms with Gasteiger partial charge < -0.3 is 10.6 Å². The van der Waals surface area contributed by atoms with Gasteiger partial charge in [-0.3, -0.25) is 14.5 Å². The van der Waals surface area contributed by atoms with E-state index in [2.05, 4.69) is 24.5 Å². The van der Waals surface area contributed by atoms with Gasteiger partial charge in [0.05, 0.1) is 0 Å². The Morgan fingerprint density at radius 2 is 1.96 bits per heavy atom. The SMILES string of the molecule is CC1CCCC(NC(=O)CN2C(=O)NC(C)(C3CC3)C2=O)C1C. The summed E-state index contributed by atoms with van der Waals surface area (Å²) in [7, 11) is 0. The second-order valence-electron chi connectivity index (χ2n) is 7.74. The van der Waals surface area contributed by atoms with Gasteiger partial charge in [-0.1, -0.05) is 26.7 Å². The number of rotatable bonds is 4. The molecule has 4 amide bonds. The third-order valence-electron chi connectivity index (χ3n) is 6.05. The van der Waals surface area contributed by atoms with E-state index in [4.69, 9.17) is 0 Å². The third kappa shape index (κ3) is 2.95. The Morgan fingerprint density at radius 1 is 1.26 bits per heavy atom. The topological polar surface area (TPSA) is 78.5 Å². The molecule has 4 atom stereocenters. The number of nitrogens with zero attached hydrogens (tertiary/aromatic N) is 1. The minimum absolute atomic E-state index is 0.141. The van der Waals surface area contributed by atoms with Crippen LogP contribution < -0.4 is 10.6 Å². The number of nitrogens with one attached hydrogen (secondary N) is 2. The highest BCUT2D eigenvalue weighted by Crippen LogP contribution is 2.42. The van der Waals surface area contributed by atoms with Crippen LogP contribution in [-0.4, -0.2) is 40.9 Å². The van der Waals surface area contributed by atoms with Crippen LogP contribution in [0.3, 0.4) is 0 Å². The van der Waals surface area contributed by atoms with E-state index in [0.29, 0.717) is 11.8 Å². The molecule has 0 spiro atoms. The molecule has 0 bridgehead atoms. The van der Waals surface area contributed by atoms with Gasteiger partial charge in [-0.15, -0.1) is 0 Å². The van der Waals surface area contributed by atoms with Crippen LogP contribution in [0.15, 0.2) is 0 Å². The number of amides is 4. The Kier molecular flexibility index (Phi) is 4.10. The Bertz CT molecular complexity index is 531. The van der Waals surface area contributed by atoms with Gasteiger partial charge in [-0.25, -0.2) is 4.79 Å². The maximum absolute atomic E-state index is 12.5. The summed E-state index contributed by atoms with van der Waals surface area (Å²) in [5.41, 5.74) is -0.815. The summed E-state index contributed by atoms with van der Waals surface area (Å²) in [6.07, 6.45) is 5.19. The largest absolute Gasteiger partial charge is 0.352 e. The molecule has 23 heavy (non-hydrogen) atoms. The summed E-state index contributed by atoms with van der Waals surface area (Å²) in [6.45, 7) is 5.96. The molecule has 1 heterocycles. The fourth-order valence-corrected chi connectivity index (χ4v) is 3.98. The Morgan fingerprint density at radius 3 is 2.61 bits per heavy atom. The van der Waals surface area contributed by atoms with Crippen LogP contribution in [0.5, 0.6) is 0 Å². The number of urea groups is 1. The van der Waals surface area contributed by atoms with E-state index >= 15 is 0 Å². The van der Waals surface area contributed by atoms with Gasteiger partial charge in [0.1, 0.15) is 12.1 Å². The van der Waals surface area contributed by atoms with E-state index < -0.39 is 11.6 Å². The first kappa shape index (κ1) is 16.3. The fourth-order valence-electron chi connectivity index (χ4n) is 3.98. The second kappa shape index (κ2) is 5.80. The van der Waals surface area contributed by atoms with Crippen LogP contribution >= 0.6 is 0 Å². The van der Waals surface area contributed by atoms with Gasteiger partial charge in [0.25, 0.3) is 5.91 Å². The zero-order valence-corrected chi connectivity index (χ0v) is 14.2. The average Bonchev–Trinajstić information content (AvgIpc) is 3.30. The molecule has 2 N–H and O–H groups in total. The number of hydrogen-bond donors (Lipinski definition) is 2. The molecule has 0 radical (unpaired) electrons. The van der Waals surface area contributed by atoms with Gasteiger partial charge in [0.15, 0.2) is 0 Å². The molecule has 1 saturated heterocycles. The molecular formula is C17H27N3O3. The molecular weight excluding hydrogens is 294 g/mol. The van der Waals surface area contributed by atoms with Crippen LogP contribution in [0.2, 0.25) is 0 Å². The lowest BCUT2D eigenvalue weighted by atomic mass is 9.78. The Balaban J connectivity index is 1.59. The monoisotopic (exact) mass is 321 g/mol. The molecule has 0 aromatic carbocycles.